The first-order valence-corrected chi connectivity index (χ1v) is 6.53. The molecule has 0 fully saturated rings. The van der Waals surface area contributed by atoms with Gasteiger partial charge in [0.1, 0.15) is 5.76 Å². The van der Waals surface area contributed by atoms with Crippen LogP contribution in [0, 0.1) is 0 Å². The second kappa shape index (κ2) is 6.60. The average Bonchev–Trinajstić information content (AvgIpc) is 3.00. The summed E-state index contributed by atoms with van der Waals surface area (Å²) in [7, 11) is 0. The molecule has 0 aliphatic heterocycles. The Morgan fingerprint density at radius 3 is 2.57 bits per heavy atom. The topological polar surface area (TPSA) is 97.4 Å². The molecule has 0 bridgehead atoms. The molecule has 6 nitrogen and oxygen atoms in total. The summed E-state index contributed by atoms with van der Waals surface area (Å²) in [5, 5.41) is 5.28. The number of nitrogens with two attached hydrogens (primary N) is 1. The first kappa shape index (κ1) is 14.6. The lowest BCUT2D eigenvalue weighted by Crippen LogP contribution is -2.37. The number of hydrogen-bond acceptors (Lipinski definition) is 4. The van der Waals surface area contributed by atoms with E-state index in [0.717, 1.165) is 0 Å². The van der Waals surface area contributed by atoms with Crippen molar-refractivity contribution in [3.05, 3.63) is 54.0 Å². The van der Waals surface area contributed by atoms with Gasteiger partial charge < -0.3 is 20.8 Å². The van der Waals surface area contributed by atoms with Gasteiger partial charge in [-0.1, -0.05) is 0 Å². The maximum Gasteiger partial charge on any atom is 0.251 e. The van der Waals surface area contributed by atoms with E-state index in [1.165, 1.54) is 0 Å². The van der Waals surface area contributed by atoms with Crippen molar-refractivity contribution in [3.63, 3.8) is 0 Å². The van der Waals surface area contributed by atoms with E-state index in [-0.39, 0.29) is 24.4 Å². The lowest BCUT2D eigenvalue weighted by molar-refractivity contribution is -0.120. The van der Waals surface area contributed by atoms with Crippen molar-refractivity contribution >= 4 is 17.5 Å². The summed E-state index contributed by atoms with van der Waals surface area (Å²) in [6.45, 7) is 1.70. The van der Waals surface area contributed by atoms with E-state index in [4.69, 9.17) is 10.2 Å². The number of amides is 2. The normalized spacial score (nSPS) is 11.7. The van der Waals surface area contributed by atoms with Gasteiger partial charge in [0.25, 0.3) is 5.91 Å². The number of anilines is 1. The third-order valence-electron chi connectivity index (χ3n) is 2.93. The fraction of sp³-hybridized carbons (Fsp3) is 0.200. The fourth-order valence-corrected chi connectivity index (χ4v) is 1.80. The van der Waals surface area contributed by atoms with Crippen molar-refractivity contribution in [1.29, 1.82) is 0 Å². The van der Waals surface area contributed by atoms with Crippen molar-refractivity contribution in [2.24, 2.45) is 0 Å². The molecule has 0 saturated carbocycles. The Morgan fingerprint density at radius 1 is 1.24 bits per heavy atom. The molecule has 2 amide bonds. The molecule has 0 aliphatic rings. The van der Waals surface area contributed by atoms with Crippen molar-refractivity contribution in [3.8, 4) is 0 Å². The van der Waals surface area contributed by atoms with Gasteiger partial charge >= 0.3 is 0 Å². The summed E-state index contributed by atoms with van der Waals surface area (Å²) in [4.78, 5) is 23.6. The molecule has 1 aromatic heterocycles. The maximum atomic E-state index is 11.8. The standard InChI is InChI=1S/C15H17N3O3/c1-10(13-3-2-8-21-13)18-14(19)9-17-15(20)11-4-6-12(16)7-5-11/h2-8,10H,9,16H2,1H3,(H,17,20)(H,18,19). The Balaban J connectivity index is 1.81. The highest BCUT2D eigenvalue weighted by atomic mass is 16.3. The monoisotopic (exact) mass is 287 g/mol. The fourth-order valence-electron chi connectivity index (χ4n) is 1.80. The molecule has 21 heavy (non-hydrogen) atoms. The zero-order valence-corrected chi connectivity index (χ0v) is 11.6. The zero-order valence-electron chi connectivity index (χ0n) is 11.6. The first-order chi connectivity index (χ1) is 10.1. The first-order valence-electron chi connectivity index (χ1n) is 6.53. The maximum absolute atomic E-state index is 11.8. The Bertz CT molecular complexity index is 606. The lowest BCUT2D eigenvalue weighted by Gasteiger charge is -2.12. The molecular formula is C15H17N3O3. The van der Waals surface area contributed by atoms with Crippen LogP contribution in [0.1, 0.15) is 29.1 Å². The third kappa shape index (κ3) is 4.10. The minimum Gasteiger partial charge on any atom is -0.467 e. The van der Waals surface area contributed by atoms with Crippen LogP contribution in [0.15, 0.2) is 47.1 Å². The van der Waals surface area contributed by atoms with Gasteiger partial charge in [-0.05, 0) is 43.3 Å². The van der Waals surface area contributed by atoms with Crippen LogP contribution in [-0.2, 0) is 4.79 Å². The molecule has 6 heteroatoms. The predicted octanol–water partition coefficient (Wildman–Crippen LogP) is 1.47. The largest absolute Gasteiger partial charge is 0.467 e. The minimum absolute atomic E-state index is 0.103. The van der Waals surface area contributed by atoms with Gasteiger partial charge in [0.15, 0.2) is 0 Å². The van der Waals surface area contributed by atoms with Crippen LogP contribution in [-0.4, -0.2) is 18.4 Å². The smallest absolute Gasteiger partial charge is 0.251 e. The quantitative estimate of drug-likeness (QED) is 0.725. The van der Waals surface area contributed by atoms with Gasteiger partial charge in [-0.2, -0.15) is 0 Å². The summed E-state index contributed by atoms with van der Waals surface area (Å²) in [5.41, 5.74) is 6.58. The average molecular weight is 287 g/mol. The number of carbonyl (C=O) groups excluding carboxylic acids is 2. The molecule has 1 aromatic carbocycles. The van der Waals surface area contributed by atoms with E-state index in [9.17, 15) is 9.59 Å². The Kier molecular flexibility index (Phi) is 4.61. The highest BCUT2D eigenvalue weighted by Crippen LogP contribution is 2.11. The predicted molar refractivity (Wildman–Crippen MR) is 78.5 cm³/mol. The number of furan rings is 1. The summed E-state index contributed by atoms with van der Waals surface area (Å²) < 4.78 is 5.19. The van der Waals surface area contributed by atoms with Crippen LogP contribution < -0.4 is 16.4 Å². The van der Waals surface area contributed by atoms with Crippen LogP contribution in [0.2, 0.25) is 0 Å². The number of nitrogens with one attached hydrogen (secondary N) is 2. The van der Waals surface area contributed by atoms with Crippen molar-refractivity contribution in [2.45, 2.75) is 13.0 Å². The summed E-state index contributed by atoms with van der Waals surface area (Å²) in [6, 6.07) is 9.75. The van der Waals surface area contributed by atoms with Crippen molar-refractivity contribution < 1.29 is 14.0 Å². The van der Waals surface area contributed by atoms with Crippen molar-refractivity contribution in [1.82, 2.24) is 10.6 Å². The van der Waals surface area contributed by atoms with E-state index in [1.54, 1.807) is 49.6 Å². The SMILES string of the molecule is CC(NC(=O)CNC(=O)c1ccc(N)cc1)c1ccco1. The van der Waals surface area contributed by atoms with Crippen LogP contribution >= 0.6 is 0 Å². The molecule has 0 spiro atoms. The van der Waals surface area contributed by atoms with E-state index in [1.807, 2.05) is 0 Å². The zero-order chi connectivity index (χ0) is 15.2. The van der Waals surface area contributed by atoms with Gasteiger partial charge in [-0.25, -0.2) is 0 Å². The number of hydrogen-bond donors (Lipinski definition) is 3. The van der Waals surface area contributed by atoms with Crippen LogP contribution in [0.3, 0.4) is 0 Å². The number of nitrogen functional groups attached to an aromatic ring is 1. The van der Waals surface area contributed by atoms with Gasteiger partial charge in [0.2, 0.25) is 5.91 Å². The molecule has 1 heterocycles. The van der Waals surface area contributed by atoms with Gasteiger partial charge in [-0.3, -0.25) is 9.59 Å². The van der Waals surface area contributed by atoms with E-state index < -0.39 is 0 Å². The third-order valence-corrected chi connectivity index (χ3v) is 2.93. The molecule has 0 aliphatic carbocycles. The molecule has 2 aromatic rings. The van der Waals surface area contributed by atoms with Gasteiger partial charge in [0, 0.05) is 11.3 Å². The Labute approximate surface area is 122 Å². The molecule has 1 atom stereocenters. The molecular weight excluding hydrogens is 270 g/mol. The van der Waals surface area contributed by atoms with Gasteiger partial charge in [0.05, 0.1) is 18.8 Å². The minimum atomic E-state index is -0.323. The number of carbonyl (C=O) groups is 2. The second-order valence-electron chi connectivity index (χ2n) is 4.61. The van der Waals surface area contributed by atoms with Gasteiger partial charge in [-0.15, -0.1) is 0 Å². The molecule has 110 valence electrons. The number of benzene rings is 1. The number of rotatable bonds is 5. The summed E-state index contributed by atoms with van der Waals surface area (Å²) in [6.07, 6.45) is 1.54. The van der Waals surface area contributed by atoms with Crippen LogP contribution in [0.5, 0.6) is 0 Å². The summed E-state index contributed by atoms with van der Waals surface area (Å²) >= 11 is 0. The van der Waals surface area contributed by atoms with E-state index >= 15 is 0 Å². The van der Waals surface area contributed by atoms with Crippen molar-refractivity contribution in [2.75, 3.05) is 12.3 Å². The second-order valence-corrected chi connectivity index (χ2v) is 4.61. The highest BCUT2D eigenvalue weighted by molar-refractivity contribution is 5.96. The van der Waals surface area contributed by atoms with E-state index in [2.05, 4.69) is 10.6 Å². The van der Waals surface area contributed by atoms with Crippen LogP contribution in [0.25, 0.3) is 0 Å². The lowest BCUT2D eigenvalue weighted by atomic mass is 10.2. The molecule has 0 radical (unpaired) electrons. The Morgan fingerprint density at radius 2 is 1.95 bits per heavy atom. The summed E-state index contributed by atoms with van der Waals surface area (Å²) in [5.74, 6) is 0.0479. The molecule has 0 saturated heterocycles. The van der Waals surface area contributed by atoms with E-state index in [0.29, 0.717) is 17.0 Å². The molecule has 1 unspecified atom stereocenters. The van der Waals surface area contributed by atoms with Crippen LogP contribution in [0.4, 0.5) is 5.69 Å². The molecule has 2 rings (SSSR count). The highest BCUT2D eigenvalue weighted by Gasteiger charge is 2.13. The Hall–Kier alpha value is -2.76. The molecule has 4 N–H and O–H groups in total.